The Kier molecular flexibility index (Phi) is 7.07. The molecule has 0 fully saturated rings. The van der Waals surface area contributed by atoms with E-state index in [4.69, 9.17) is 58.0 Å². The van der Waals surface area contributed by atoms with Gasteiger partial charge in [0.1, 0.15) is 10.7 Å². The smallest absolute Gasteiger partial charge is 0.283 e. The molecule has 1 aliphatic rings. The number of carbonyl (C=O) groups excluding carboxylic acids is 3. The summed E-state index contributed by atoms with van der Waals surface area (Å²) >= 11 is 30.1. The molecule has 172 valence electrons. The summed E-state index contributed by atoms with van der Waals surface area (Å²) in [5.74, 6) is -1.80. The van der Waals surface area contributed by atoms with Crippen LogP contribution in [0.25, 0.3) is 0 Å². The maximum Gasteiger partial charge on any atom is 0.283 e. The molecular formula is C23H12Cl5N3O3. The summed E-state index contributed by atoms with van der Waals surface area (Å²) < 4.78 is 0. The normalized spacial score (nSPS) is 13.5. The molecule has 0 spiro atoms. The first kappa shape index (κ1) is 24.4. The second-order valence-corrected chi connectivity index (χ2v) is 9.14. The Labute approximate surface area is 219 Å². The largest absolute Gasteiger partial charge is 0.350 e. The second-order valence-electron chi connectivity index (χ2n) is 7.05. The van der Waals surface area contributed by atoms with E-state index in [0.717, 1.165) is 4.90 Å². The van der Waals surface area contributed by atoms with E-state index in [0.29, 0.717) is 32.0 Å². The van der Waals surface area contributed by atoms with E-state index in [-0.39, 0.29) is 21.4 Å². The lowest BCUT2D eigenvalue weighted by Crippen LogP contribution is -2.32. The number of amides is 3. The van der Waals surface area contributed by atoms with E-state index in [1.165, 1.54) is 30.3 Å². The van der Waals surface area contributed by atoms with E-state index >= 15 is 0 Å². The van der Waals surface area contributed by atoms with Gasteiger partial charge in [0.2, 0.25) is 0 Å². The predicted octanol–water partition coefficient (Wildman–Crippen LogP) is 6.99. The molecule has 0 saturated carbocycles. The van der Waals surface area contributed by atoms with Gasteiger partial charge in [0.15, 0.2) is 0 Å². The van der Waals surface area contributed by atoms with Gasteiger partial charge in [-0.3, -0.25) is 14.4 Å². The molecule has 2 N–H and O–H groups in total. The highest BCUT2D eigenvalue weighted by molar-refractivity contribution is 6.54. The molecule has 0 unspecified atom stereocenters. The third-order valence-corrected chi connectivity index (χ3v) is 6.04. The minimum atomic E-state index is -0.727. The standard InChI is InChI=1S/C23H12Cl5N3O3/c24-12-3-6-18(17(27)10-12)31-22(33)19(28)20(23(31)34)29-15-4-1-11(2-5-15)21(32)30-16-8-13(25)7-14(26)9-16/h1-10,29H,(H,30,32). The Morgan fingerprint density at radius 2 is 1.35 bits per heavy atom. The number of nitrogens with zero attached hydrogens (tertiary/aromatic N) is 1. The van der Waals surface area contributed by atoms with Crippen LogP contribution < -0.4 is 15.5 Å². The number of anilines is 3. The molecule has 4 rings (SSSR count). The van der Waals surface area contributed by atoms with Crippen LogP contribution in [0.2, 0.25) is 20.1 Å². The van der Waals surface area contributed by atoms with Crippen LogP contribution in [0.15, 0.2) is 71.4 Å². The van der Waals surface area contributed by atoms with Gasteiger partial charge in [-0.2, -0.15) is 0 Å². The third-order valence-electron chi connectivity index (χ3n) is 4.71. The number of carbonyl (C=O) groups is 3. The summed E-state index contributed by atoms with van der Waals surface area (Å²) in [6.45, 7) is 0. The molecule has 0 atom stereocenters. The Morgan fingerprint density at radius 1 is 0.706 bits per heavy atom. The molecule has 3 amide bonds. The van der Waals surface area contributed by atoms with Crippen LogP contribution in [-0.4, -0.2) is 17.7 Å². The zero-order valence-electron chi connectivity index (χ0n) is 16.8. The van der Waals surface area contributed by atoms with Crippen molar-refractivity contribution in [1.29, 1.82) is 0 Å². The van der Waals surface area contributed by atoms with Crippen LogP contribution >= 0.6 is 58.0 Å². The first-order valence-electron chi connectivity index (χ1n) is 9.52. The molecule has 3 aromatic carbocycles. The fourth-order valence-electron chi connectivity index (χ4n) is 3.17. The van der Waals surface area contributed by atoms with Crippen molar-refractivity contribution in [3.8, 4) is 0 Å². The summed E-state index contributed by atoms with van der Waals surface area (Å²) in [6, 6.07) is 15.3. The van der Waals surface area contributed by atoms with Gasteiger partial charge in [-0.15, -0.1) is 0 Å². The number of hydrogen-bond donors (Lipinski definition) is 2. The minimum Gasteiger partial charge on any atom is -0.350 e. The van der Waals surface area contributed by atoms with E-state index in [1.54, 1.807) is 30.3 Å². The van der Waals surface area contributed by atoms with Crippen molar-refractivity contribution < 1.29 is 14.4 Å². The topological polar surface area (TPSA) is 78.5 Å². The summed E-state index contributed by atoms with van der Waals surface area (Å²) in [5, 5.41) is 6.48. The van der Waals surface area contributed by atoms with Crippen LogP contribution in [0.5, 0.6) is 0 Å². The quantitative estimate of drug-likeness (QED) is 0.333. The van der Waals surface area contributed by atoms with E-state index < -0.39 is 17.7 Å². The maximum atomic E-state index is 12.9. The highest BCUT2D eigenvalue weighted by Gasteiger charge is 2.39. The fraction of sp³-hybridized carbons (Fsp3) is 0. The Bertz CT molecular complexity index is 1350. The van der Waals surface area contributed by atoms with Gasteiger partial charge in [0.25, 0.3) is 17.7 Å². The SMILES string of the molecule is O=C(Nc1cc(Cl)cc(Cl)c1)c1ccc(NC2=C(Cl)C(=O)N(c3ccc(Cl)cc3Cl)C2=O)cc1. The molecule has 1 heterocycles. The molecular weight excluding hydrogens is 544 g/mol. The summed E-state index contributed by atoms with van der Waals surface area (Å²) in [7, 11) is 0. The Hall–Kier alpha value is -2.74. The lowest BCUT2D eigenvalue weighted by atomic mass is 10.2. The van der Waals surface area contributed by atoms with Crippen molar-refractivity contribution in [1.82, 2.24) is 0 Å². The summed E-state index contributed by atoms with van der Waals surface area (Å²) in [4.78, 5) is 38.9. The molecule has 0 saturated heterocycles. The van der Waals surface area contributed by atoms with Gasteiger partial charge in [-0.25, -0.2) is 4.90 Å². The van der Waals surface area contributed by atoms with Gasteiger partial charge < -0.3 is 10.6 Å². The number of halogens is 5. The third kappa shape index (κ3) is 5.02. The highest BCUT2D eigenvalue weighted by atomic mass is 35.5. The monoisotopic (exact) mass is 553 g/mol. The van der Waals surface area contributed by atoms with Gasteiger partial charge in [0, 0.05) is 32.0 Å². The lowest BCUT2D eigenvalue weighted by Gasteiger charge is -2.16. The van der Waals surface area contributed by atoms with Crippen LogP contribution in [0, 0.1) is 0 Å². The van der Waals surface area contributed by atoms with Crippen LogP contribution in [0.3, 0.4) is 0 Å². The van der Waals surface area contributed by atoms with E-state index in [9.17, 15) is 14.4 Å². The highest BCUT2D eigenvalue weighted by Crippen LogP contribution is 2.35. The van der Waals surface area contributed by atoms with Crippen LogP contribution in [0.4, 0.5) is 17.1 Å². The van der Waals surface area contributed by atoms with E-state index in [1.807, 2.05) is 0 Å². The zero-order valence-corrected chi connectivity index (χ0v) is 20.6. The van der Waals surface area contributed by atoms with Crippen LogP contribution in [0.1, 0.15) is 10.4 Å². The molecule has 0 bridgehead atoms. The van der Waals surface area contributed by atoms with Crippen molar-refractivity contribution >= 4 is 92.8 Å². The number of benzene rings is 3. The van der Waals surface area contributed by atoms with Crippen molar-refractivity contribution in [2.24, 2.45) is 0 Å². The molecule has 34 heavy (non-hydrogen) atoms. The van der Waals surface area contributed by atoms with Gasteiger partial charge in [-0.05, 0) is 60.7 Å². The van der Waals surface area contributed by atoms with Crippen LogP contribution in [-0.2, 0) is 9.59 Å². The van der Waals surface area contributed by atoms with Gasteiger partial charge in [-0.1, -0.05) is 58.0 Å². The van der Waals surface area contributed by atoms with Gasteiger partial charge >= 0.3 is 0 Å². The number of hydrogen-bond acceptors (Lipinski definition) is 4. The second kappa shape index (κ2) is 9.86. The molecule has 1 aliphatic heterocycles. The fourth-order valence-corrected chi connectivity index (χ4v) is 4.40. The molecule has 11 heteroatoms. The van der Waals surface area contributed by atoms with E-state index in [2.05, 4.69) is 10.6 Å². The summed E-state index contributed by atoms with van der Waals surface area (Å²) in [6.07, 6.45) is 0. The van der Waals surface area contributed by atoms with Crippen molar-refractivity contribution in [3.05, 3.63) is 97.0 Å². The maximum absolute atomic E-state index is 12.9. The lowest BCUT2D eigenvalue weighted by molar-refractivity contribution is -0.120. The van der Waals surface area contributed by atoms with Crippen molar-refractivity contribution in [2.75, 3.05) is 15.5 Å². The first-order valence-corrected chi connectivity index (χ1v) is 11.4. The number of nitrogens with one attached hydrogen (secondary N) is 2. The Balaban J connectivity index is 1.50. The Morgan fingerprint density at radius 3 is 1.97 bits per heavy atom. The van der Waals surface area contributed by atoms with Crippen molar-refractivity contribution in [3.63, 3.8) is 0 Å². The van der Waals surface area contributed by atoms with Crippen molar-refractivity contribution in [2.45, 2.75) is 0 Å². The predicted molar refractivity (Wildman–Crippen MR) is 136 cm³/mol. The number of rotatable bonds is 5. The number of imide groups is 1. The average Bonchev–Trinajstić information content (AvgIpc) is 2.97. The molecule has 0 radical (unpaired) electrons. The average molecular weight is 556 g/mol. The first-order chi connectivity index (χ1) is 16.1. The molecule has 6 nitrogen and oxygen atoms in total. The molecule has 0 aliphatic carbocycles. The molecule has 0 aromatic heterocycles. The molecule has 3 aromatic rings. The van der Waals surface area contributed by atoms with Gasteiger partial charge in [0.05, 0.1) is 10.7 Å². The zero-order chi connectivity index (χ0) is 24.6. The summed E-state index contributed by atoms with van der Waals surface area (Å²) in [5.41, 5.74) is 1.25. The minimum absolute atomic E-state index is 0.122.